The number of nitrogens with zero attached hydrogens (tertiary/aromatic N) is 2. The zero-order valence-electron chi connectivity index (χ0n) is 15.4. The molecule has 0 aliphatic rings. The van der Waals surface area contributed by atoms with E-state index in [0.29, 0.717) is 6.07 Å². The minimum atomic E-state index is -5.06. The molecule has 3 rings (SSSR count). The number of ether oxygens (including phenoxy) is 1. The average molecular weight is 460 g/mol. The van der Waals surface area contributed by atoms with E-state index in [-0.39, 0.29) is 21.7 Å². The number of anilines is 1. The number of carbonyl (C=O) groups excluding carboxylic acids is 1. The first-order valence-corrected chi connectivity index (χ1v) is 8.73. The molecule has 0 aliphatic carbocycles. The fourth-order valence-electron chi connectivity index (χ4n) is 2.59. The Labute approximate surface area is 176 Å². The van der Waals surface area contributed by atoms with Gasteiger partial charge in [0.2, 0.25) is 0 Å². The minimum absolute atomic E-state index is 0.121. The van der Waals surface area contributed by atoms with Crippen LogP contribution in [-0.2, 0) is 6.18 Å². The molecule has 2 aromatic carbocycles. The molecule has 0 saturated heterocycles. The number of hydrogen-bond donors (Lipinski definition) is 1. The number of amides is 1. The van der Waals surface area contributed by atoms with Crippen LogP contribution in [0.4, 0.5) is 27.6 Å². The molecule has 0 bridgehead atoms. The number of halogens is 6. The van der Waals surface area contributed by atoms with E-state index in [4.69, 9.17) is 16.3 Å². The van der Waals surface area contributed by atoms with Crippen molar-refractivity contribution in [2.45, 2.75) is 13.1 Å². The molecule has 1 amide bonds. The van der Waals surface area contributed by atoms with Crippen molar-refractivity contribution in [3.8, 4) is 11.5 Å². The number of alkyl halides is 3. The predicted octanol–water partition coefficient (Wildman–Crippen LogP) is 5.02. The molecule has 162 valence electrons. The van der Waals surface area contributed by atoms with E-state index in [2.05, 4.69) is 10.3 Å². The number of hydrogen-bond acceptors (Lipinski definition) is 4. The predicted molar refractivity (Wildman–Crippen MR) is 98.8 cm³/mol. The van der Waals surface area contributed by atoms with Gasteiger partial charge in [0, 0.05) is 0 Å². The zero-order chi connectivity index (χ0) is 22.9. The van der Waals surface area contributed by atoms with Crippen LogP contribution in [0.15, 0.2) is 43.0 Å². The van der Waals surface area contributed by atoms with Crippen molar-refractivity contribution in [2.24, 2.45) is 0 Å². The molecule has 3 aromatic rings. The Hall–Kier alpha value is -3.47. The van der Waals surface area contributed by atoms with Crippen LogP contribution in [0.3, 0.4) is 0 Å². The summed E-state index contributed by atoms with van der Waals surface area (Å²) in [6, 6.07) is 3.48. The van der Waals surface area contributed by atoms with Gasteiger partial charge in [-0.15, -0.1) is 0 Å². The largest absolute Gasteiger partial charge is 0.711 e. The van der Waals surface area contributed by atoms with E-state index in [9.17, 15) is 32.0 Å². The third-order valence-corrected chi connectivity index (χ3v) is 4.35. The number of aromatic nitrogens is 2. The lowest BCUT2D eigenvalue weighted by atomic mass is 10.1. The van der Waals surface area contributed by atoms with Crippen LogP contribution < -0.4 is 14.8 Å². The lowest BCUT2D eigenvalue weighted by Gasteiger charge is -2.18. The van der Waals surface area contributed by atoms with Gasteiger partial charge in [-0.2, -0.15) is 13.2 Å². The Kier molecular flexibility index (Phi) is 5.98. The highest BCUT2D eigenvalue weighted by molar-refractivity contribution is 6.32. The molecule has 31 heavy (non-hydrogen) atoms. The molecular weight excluding hydrogens is 449 g/mol. The second-order valence-electron chi connectivity index (χ2n) is 6.23. The van der Waals surface area contributed by atoms with Crippen molar-refractivity contribution in [1.29, 1.82) is 0 Å². The second kappa shape index (κ2) is 8.34. The molecule has 0 fully saturated rings. The summed E-state index contributed by atoms with van der Waals surface area (Å²) in [5.41, 5.74) is -2.52. The van der Waals surface area contributed by atoms with Crippen molar-refractivity contribution in [2.75, 3.05) is 5.32 Å². The number of carbonyl (C=O) groups is 1. The molecular formula is C19H11ClF5N3O3. The summed E-state index contributed by atoms with van der Waals surface area (Å²) >= 11 is 5.54. The fourth-order valence-corrected chi connectivity index (χ4v) is 2.84. The van der Waals surface area contributed by atoms with Crippen LogP contribution in [0.1, 0.15) is 21.5 Å². The summed E-state index contributed by atoms with van der Waals surface area (Å²) in [5.74, 6) is -4.52. The average Bonchev–Trinajstić information content (AvgIpc) is 2.65. The van der Waals surface area contributed by atoms with E-state index < -0.39 is 45.6 Å². The Morgan fingerprint density at radius 3 is 2.55 bits per heavy atom. The first kappa shape index (κ1) is 22.2. The summed E-state index contributed by atoms with van der Waals surface area (Å²) in [7, 11) is 0. The number of rotatable bonds is 4. The highest BCUT2D eigenvalue weighted by Gasteiger charge is 2.38. The van der Waals surface area contributed by atoms with E-state index in [1.165, 1.54) is 6.92 Å². The SMILES string of the molecule is Cc1cc(F)ccc1Oc1cc(C(F)(F)F)c(Cl)c(F)c1C(=O)Nc1cnc[n+]([O-])c1. The monoisotopic (exact) mass is 459 g/mol. The normalized spacial score (nSPS) is 11.3. The van der Waals surface area contributed by atoms with Crippen molar-refractivity contribution in [3.63, 3.8) is 0 Å². The van der Waals surface area contributed by atoms with Gasteiger partial charge < -0.3 is 15.3 Å². The number of aryl methyl sites for hydroxylation is 1. The van der Waals surface area contributed by atoms with Gasteiger partial charge in [-0.25, -0.2) is 13.5 Å². The molecule has 12 heteroatoms. The van der Waals surface area contributed by atoms with Crippen LogP contribution in [-0.4, -0.2) is 10.9 Å². The fraction of sp³-hybridized carbons (Fsp3) is 0.105. The zero-order valence-corrected chi connectivity index (χ0v) is 16.2. The first-order chi connectivity index (χ1) is 14.5. The van der Waals surface area contributed by atoms with Crippen LogP contribution in [0.5, 0.6) is 11.5 Å². The van der Waals surface area contributed by atoms with Crippen LogP contribution in [0, 0.1) is 23.8 Å². The maximum absolute atomic E-state index is 14.8. The maximum atomic E-state index is 14.8. The quantitative estimate of drug-likeness (QED) is 0.338. The van der Waals surface area contributed by atoms with E-state index in [0.717, 1.165) is 36.9 Å². The highest BCUT2D eigenvalue weighted by atomic mass is 35.5. The second-order valence-corrected chi connectivity index (χ2v) is 6.60. The summed E-state index contributed by atoms with van der Waals surface area (Å²) in [4.78, 5) is 16.2. The van der Waals surface area contributed by atoms with Crippen molar-refractivity contribution in [3.05, 3.63) is 81.5 Å². The van der Waals surface area contributed by atoms with Crippen LogP contribution in [0.2, 0.25) is 5.02 Å². The van der Waals surface area contributed by atoms with E-state index in [1.807, 2.05) is 0 Å². The molecule has 0 radical (unpaired) electrons. The molecule has 0 aliphatic heterocycles. The summed E-state index contributed by atoms with van der Waals surface area (Å²) in [6.45, 7) is 1.40. The van der Waals surface area contributed by atoms with Gasteiger partial charge in [-0.05, 0) is 36.8 Å². The van der Waals surface area contributed by atoms with E-state index in [1.54, 1.807) is 0 Å². The molecule has 1 N–H and O–H groups in total. The lowest BCUT2D eigenvalue weighted by molar-refractivity contribution is -0.608. The Balaban J connectivity index is 2.13. The Morgan fingerprint density at radius 1 is 1.23 bits per heavy atom. The highest BCUT2D eigenvalue weighted by Crippen LogP contribution is 2.42. The molecule has 0 unspecified atom stereocenters. The standard InChI is InChI=1S/C19H11ClF5N3O3/c1-9-4-10(21)2-3-13(9)31-14-5-12(19(23,24)25)16(20)17(22)15(14)18(29)27-11-6-26-8-28(30)7-11/h2-8H,1H3,(H,27,29). The van der Waals surface area contributed by atoms with Gasteiger partial charge in [0.1, 0.15) is 34.8 Å². The third kappa shape index (κ3) is 4.82. The van der Waals surface area contributed by atoms with E-state index >= 15 is 0 Å². The first-order valence-electron chi connectivity index (χ1n) is 8.35. The molecule has 0 atom stereocenters. The lowest BCUT2D eigenvalue weighted by Crippen LogP contribution is -2.27. The maximum Gasteiger partial charge on any atom is 0.418 e. The van der Waals surface area contributed by atoms with Crippen LogP contribution >= 0.6 is 11.6 Å². The number of benzene rings is 2. The molecule has 6 nitrogen and oxygen atoms in total. The summed E-state index contributed by atoms with van der Waals surface area (Å²) < 4.78 is 73.6. The van der Waals surface area contributed by atoms with Gasteiger partial charge in [0.25, 0.3) is 12.2 Å². The molecule has 1 heterocycles. The van der Waals surface area contributed by atoms with Gasteiger partial charge in [-0.1, -0.05) is 16.6 Å². The minimum Gasteiger partial charge on any atom is -0.711 e. The Morgan fingerprint density at radius 2 is 1.94 bits per heavy atom. The van der Waals surface area contributed by atoms with Crippen molar-refractivity contribution in [1.82, 2.24) is 4.98 Å². The Bertz CT molecular complexity index is 1170. The smallest absolute Gasteiger partial charge is 0.418 e. The van der Waals surface area contributed by atoms with Crippen LogP contribution in [0.25, 0.3) is 0 Å². The molecule has 0 spiro atoms. The van der Waals surface area contributed by atoms with Gasteiger partial charge in [-0.3, -0.25) is 4.79 Å². The molecule has 1 aromatic heterocycles. The van der Waals surface area contributed by atoms with Gasteiger partial charge >= 0.3 is 6.18 Å². The van der Waals surface area contributed by atoms with Crippen molar-refractivity contribution >= 4 is 23.2 Å². The van der Waals surface area contributed by atoms with Crippen molar-refractivity contribution < 1.29 is 36.2 Å². The third-order valence-electron chi connectivity index (χ3n) is 3.98. The number of nitrogens with one attached hydrogen (secondary N) is 1. The van der Waals surface area contributed by atoms with Gasteiger partial charge in [0.15, 0.2) is 12.0 Å². The molecule has 0 saturated carbocycles. The summed E-state index contributed by atoms with van der Waals surface area (Å²) in [5, 5.41) is 12.1. The van der Waals surface area contributed by atoms with Gasteiger partial charge in [0.05, 0.1) is 10.6 Å². The summed E-state index contributed by atoms with van der Waals surface area (Å²) in [6.07, 6.45) is -2.24. The topological polar surface area (TPSA) is 78.2 Å².